The lowest BCUT2D eigenvalue weighted by Gasteiger charge is -2.47. The lowest BCUT2D eigenvalue weighted by molar-refractivity contribution is -0.252. The van der Waals surface area contributed by atoms with Crippen LogP contribution in [0.4, 0.5) is 0 Å². The number of aromatic nitrogens is 2. The molecule has 4 unspecified atom stereocenters. The van der Waals surface area contributed by atoms with Gasteiger partial charge in [-0.2, -0.15) is 0 Å². The quantitative estimate of drug-likeness (QED) is 0.367. The Labute approximate surface area is 199 Å². The highest BCUT2D eigenvalue weighted by molar-refractivity contribution is 6.39. The van der Waals surface area contributed by atoms with Gasteiger partial charge in [0.25, 0.3) is 11.8 Å². The molecule has 3 aliphatic rings. The summed E-state index contributed by atoms with van der Waals surface area (Å²) in [6, 6.07) is 15.6. The summed E-state index contributed by atoms with van der Waals surface area (Å²) in [4.78, 5) is 26.5. The second kappa shape index (κ2) is 6.09. The Hall–Kier alpha value is -3.72. The molecule has 1 saturated heterocycles. The van der Waals surface area contributed by atoms with Crippen LogP contribution in [0, 0.1) is 0 Å². The van der Waals surface area contributed by atoms with Gasteiger partial charge in [0.1, 0.15) is 12.3 Å². The van der Waals surface area contributed by atoms with Crippen molar-refractivity contribution in [3.8, 4) is 0 Å². The zero-order valence-corrected chi connectivity index (χ0v) is 19.2. The van der Waals surface area contributed by atoms with Gasteiger partial charge in [-0.1, -0.05) is 36.4 Å². The number of benzene rings is 3. The number of hydrogen-bond acceptors (Lipinski definition) is 5. The van der Waals surface area contributed by atoms with Crippen molar-refractivity contribution < 1.29 is 19.1 Å². The SMILES string of the molecule is COC1C(N)CC2OC1(C)n1c3ccccc3c3c4c(c5c6ccccc6n2c5c31)C(=O)NC4=O. The molecule has 2 amide bonds. The number of methoxy groups -OCH3 is 1. The van der Waals surface area contributed by atoms with Crippen LogP contribution >= 0.6 is 0 Å². The maximum atomic E-state index is 13.3. The number of hydrogen-bond donors (Lipinski definition) is 2. The van der Waals surface area contributed by atoms with Gasteiger partial charge < -0.3 is 24.3 Å². The molecule has 8 heteroatoms. The Kier molecular flexibility index (Phi) is 3.41. The largest absolute Gasteiger partial charge is 0.375 e. The van der Waals surface area contributed by atoms with Crippen LogP contribution in [-0.2, 0) is 15.2 Å². The Morgan fingerprint density at radius 2 is 1.57 bits per heavy atom. The average molecular weight is 466 g/mol. The zero-order valence-electron chi connectivity index (χ0n) is 19.2. The van der Waals surface area contributed by atoms with Crippen molar-refractivity contribution in [2.24, 2.45) is 5.73 Å². The Morgan fingerprint density at radius 3 is 2.26 bits per heavy atom. The van der Waals surface area contributed by atoms with E-state index in [0.29, 0.717) is 17.5 Å². The van der Waals surface area contributed by atoms with Crippen LogP contribution in [0.15, 0.2) is 48.5 Å². The fraction of sp³-hybridized carbons (Fsp3) is 0.259. The number of nitrogens with two attached hydrogens (primary N) is 1. The predicted molar refractivity (Wildman–Crippen MR) is 131 cm³/mol. The number of para-hydroxylation sites is 2. The molecule has 2 bridgehead atoms. The molecular formula is C27H22N4O4. The molecular weight excluding hydrogens is 444 g/mol. The number of amides is 2. The van der Waals surface area contributed by atoms with Gasteiger partial charge in [0.2, 0.25) is 0 Å². The van der Waals surface area contributed by atoms with Crippen molar-refractivity contribution in [2.75, 3.05) is 7.11 Å². The second-order valence-corrected chi connectivity index (χ2v) is 9.90. The van der Waals surface area contributed by atoms with Gasteiger partial charge in [0.15, 0.2) is 5.72 Å². The van der Waals surface area contributed by atoms with Gasteiger partial charge in [-0.3, -0.25) is 14.9 Å². The van der Waals surface area contributed by atoms with Crippen LogP contribution in [0.5, 0.6) is 0 Å². The Bertz CT molecular complexity index is 1810. The van der Waals surface area contributed by atoms with Gasteiger partial charge in [0.05, 0.1) is 33.2 Å². The first kappa shape index (κ1) is 19.6. The summed E-state index contributed by atoms with van der Waals surface area (Å²) in [6.07, 6.45) is -0.245. The maximum Gasteiger partial charge on any atom is 0.259 e. The van der Waals surface area contributed by atoms with Crippen LogP contribution < -0.4 is 11.1 Å². The summed E-state index contributed by atoms with van der Waals surface area (Å²) in [5.41, 5.74) is 10.3. The average Bonchev–Trinajstić information content (AvgIpc) is 3.44. The third-order valence-corrected chi connectivity index (χ3v) is 8.19. The number of fused-ring (bicyclic) bond motifs is 13. The molecule has 3 aromatic carbocycles. The summed E-state index contributed by atoms with van der Waals surface area (Å²) in [5, 5.41) is 5.90. The van der Waals surface area contributed by atoms with Gasteiger partial charge in [-0.05, 0) is 19.1 Å². The first-order valence-electron chi connectivity index (χ1n) is 11.8. The minimum atomic E-state index is -0.946. The molecule has 0 radical (unpaired) electrons. The van der Waals surface area contributed by atoms with Crippen molar-refractivity contribution in [2.45, 2.75) is 37.4 Å². The van der Waals surface area contributed by atoms with Crippen molar-refractivity contribution in [1.29, 1.82) is 0 Å². The fourth-order valence-corrected chi connectivity index (χ4v) is 7.03. The lowest BCUT2D eigenvalue weighted by Crippen LogP contribution is -2.59. The van der Waals surface area contributed by atoms with E-state index in [1.54, 1.807) is 7.11 Å². The topological polar surface area (TPSA) is 101 Å². The number of carbonyl (C=O) groups excluding carboxylic acids is 2. The first-order chi connectivity index (χ1) is 17.0. The van der Waals surface area contributed by atoms with Crippen molar-refractivity contribution in [3.63, 3.8) is 0 Å². The molecule has 0 saturated carbocycles. The molecule has 174 valence electrons. The van der Waals surface area contributed by atoms with E-state index in [0.717, 1.165) is 43.6 Å². The van der Waals surface area contributed by atoms with Crippen molar-refractivity contribution >= 4 is 55.4 Å². The first-order valence-corrected chi connectivity index (χ1v) is 11.8. The van der Waals surface area contributed by atoms with E-state index in [2.05, 4.69) is 14.5 Å². The van der Waals surface area contributed by atoms with Crippen molar-refractivity contribution in [3.05, 3.63) is 59.7 Å². The van der Waals surface area contributed by atoms with Crippen LogP contribution in [0.2, 0.25) is 0 Å². The number of nitrogens with one attached hydrogen (secondary N) is 1. The Balaban J connectivity index is 1.77. The summed E-state index contributed by atoms with van der Waals surface area (Å²) < 4.78 is 17.2. The molecule has 3 N–H and O–H groups in total. The van der Waals surface area contributed by atoms with Crippen LogP contribution in [0.25, 0.3) is 43.6 Å². The molecule has 8 nitrogen and oxygen atoms in total. The van der Waals surface area contributed by atoms with E-state index in [9.17, 15) is 9.59 Å². The molecule has 5 aromatic rings. The van der Waals surface area contributed by atoms with E-state index in [1.807, 2.05) is 55.5 Å². The number of nitrogens with zero attached hydrogens (tertiary/aromatic N) is 2. The van der Waals surface area contributed by atoms with E-state index in [1.165, 1.54) is 0 Å². The molecule has 3 aliphatic heterocycles. The van der Waals surface area contributed by atoms with E-state index in [-0.39, 0.29) is 24.1 Å². The highest BCUT2D eigenvalue weighted by Crippen LogP contribution is 2.53. The van der Waals surface area contributed by atoms with Crippen molar-refractivity contribution in [1.82, 2.24) is 14.5 Å². The van der Waals surface area contributed by atoms with Gasteiger partial charge in [-0.15, -0.1) is 0 Å². The number of imide groups is 1. The summed E-state index contributed by atoms with van der Waals surface area (Å²) in [5.74, 6) is -0.734. The highest BCUT2D eigenvalue weighted by atomic mass is 16.6. The minimum Gasteiger partial charge on any atom is -0.375 e. The Morgan fingerprint density at radius 1 is 0.971 bits per heavy atom. The van der Waals surface area contributed by atoms with Gasteiger partial charge >= 0.3 is 0 Å². The molecule has 0 aliphatic carbocycles. The van der Waals surface area contributed by atoms with Crippen LogP contribution in [0.1, 0.15) is 40.3 Å². The smallest absolute Gasteiger partial charge is 0.259 e. The van der Waals surface area contributed by atoms with Crippen LogP contribution in [-0.4, -0.2) is 40.2 Å². The summed E-state index contributed by atoms with van der Waals surface area (Å²) in [7, 11) is 1.66. The summed E-state index contributed by atoms with van der Waals surface area (Å²) >= 11 is 0. The number of carbonyl (C=O) groups is 2. The molecule has 35 heavy (non-hydrogen) atoms. The van der Waals surface area contributed by atoms with E-state index < -0.39 is 11.8 Å². The summed E-state index contributed by atoms with van der Waals surface area (Å²) in [6.45, 7) is 2.01. The van der Waals surface area contributed by atoms with Gasteiger partial charge in [0, 0.05) is 41.1 Å². The standard InChI is InChI=1S/C27H22N4O4/c1-27-24(34-2)14(28)11-17(35-27)30-15-9-5-3-7-12(15)18-20-21(26(33)29-25(20)32)19-13-8-4-6-10-16(13)31(27)23(19)22(18)30/h3-10,14,17,24H,11,28H2,1-2H3,(H,29,32,33). The second-order valence-electron chi connectivity index (χ2n) is 9.90. The monoisotopic (exact) mass is 466 g/mol. The van der Waals surface area contributed by atoms with Gasteiger partial charge in [-0.25, -0.2) is 0 Å². The number of rotatable bonds is 1. The zero-order chi connectivity index (χ0) is 23.8. The molecule has 8 rings (SSSR count). The molecule has 4 atom stereocenters. The molecule has 0 spiro atoms. The molecule has 1 fully saturated rings. The highest BCUT2D eigenvalue weighted by Gasteiger charge is 2.52. The van der Waals surface area contributed by atoms with E-state index >= 15 is 0 Å². The van der Waals surface area contributed by atoms with Crippen LogP contribution in [0.3, 0.4) is 0 Å². The fourth-order valence-electron chi connectivity index (χ4n) is 7.03. The number of ether oxygens (including phenoxy) is 2. The minimum absolute atomic E-state index is 0.290. The maximum absolute atomic E-state index is 13.3. The molecule has 2 aromatic heterocycles. The normalized spacial score (nSPS) is 27.3. The third-order valence-electron chi connectivity index (χ3n) is 8.19. The van der Waals surface area contributed by atoms with E-state index in [4.69, 9.17) is 15.2 Å². The molecule has 5 heterocycles. The lowest BCUT2D eigenvalue weighted by atomic mass is 9.93. The predicted octanol–water partition coefficient (Wildman–Crippen LogP) is 3.73. The third kappa shape index (κ3) is 2.03.